The molecule has 0 fully saturated rings. The first kappa shape index (κ1) is 9.05. The molecule has 0 aromatic rings. The zero-order valence-corrected chi connectivity index (χ0v) is 7.82. The van der Waals surface area contributed by atoms with Gasteiger partial charge < -0.3 is 0 Å². The number of rotatable bonds is 3. The summed E-state index contributed by atoms with van der Waals surface area (Å²) in [5.74, 6) is 1.91. The fourth-order valence-corrected chi connectivity index (χ4v) is 1.73. The largest absolute Gasteiger partial charge is 0.178 e. The molecule has 3 heteroatoms. The molecule has 0 amide bonds. The molecule has 0 rings (SSSR count). The van der Waals surface area contributed by atoms with Crippen molar-refractivity contribution in [1.29, 1.82) is 0 Å². The maximum Gasteiger partial charge on any atom is 0.0279 e. The van der Waals surface area contributed by atoms with Gasteiger partial charge in [0.25, 0.3) is 0 Å². The van der Waals surface area contributed by atoms with E-state index in [2.05, 4.69) is 38.4 Å². The molecule has 0 saturated heterocycles. The molecule has 0 aromatic heterocycles. The quantitative estimate of drug-likeness (QED) is 0.608. The second-order valence-electron chi connectivity index (χ2n) is 2.09. The Morgan fingerprint density at radius 1 is 1.62 bits per heavy atom. The van der Waals surface area contributed by atoms with Gasteiger partial charge in [-0.05, 0) is 13.2 Å². The van der Waals surface area contributed by atoms with Crippen LogP contribution in [-0.2, 0) is 0 Å². The van der Waals surface area contributed by atoms with Gasteiger partial charge in [-0.1, -0.05) is 0 Å². The van der Waals surface area contributed by atoms with Gasteiger partial charge in [0.05, 0.1) is 0 Å². The van der Waals surface area contributed by atoms with Crippen LogP contribution in [0, 0.1) is 0 Å². The van der Waals surface area contributed by atoms with Crippen LogP contribution < -0.4 is 0 Å². The highest BCUT2D eigenvalue weighted by atomic mass is 32.2. The van der Waals surface area contributed by atoms with Crippen LogP contribution in [0.15, 0.2) is 0 Å². The van der Waals surface area contributed by atoms with Crippen molar-refractivity contribution < 1.29 is 0 Å². The average molecular weight is 168 g/mol. The van der Waals surface area contributed by atoms with Crippen molar-refractivity contribution in [3.63, 3.8) is 0 Å². The maximum absolute atomic E-state index is 4.37. The van der Waals surface area contributed by atoms with Gasteiger partial charge in [0.1, 0.15) is 0 Å². The van der Waals surface area contributed by atoms with Crippen molar-refractivity contribution in [3.05, 3.63) is 0 Å². The van der Waals surface area contributed by atoms with Crippen LogP contribution in [0.25, 0.3) is 0 Å². The molecule has 0 bridgehead atoms. The van der Waals surface area contributed by atoms with Crippen molar-refractivity contribution in [3.8, 4) is 0 Å². The van der Waals surface area contributed by atoms with Crippen LogP contribution in [0.1, 0.15) is 6.92 Å². The SMILES string of the molecule is CSCC(C)(S)CS. The highest BCUT2D eigenvalue weighted by molar-refractivity contribution is 7.99. The summed E-state index contributed by atoms with van der Waals surface area (Å²) in [6, 6.07) is 0. The van der Waals surface area contributed by atoms with Crippen LogP contribution in [0.5, 0.6) is 0 Å². The molecule has 0 radical (unpaired) electrons. The molecule has 0 aliphatic rings. The third-order valence-corrected chi connectivity index (χ3v) is 3.20. The van der Waals surface area contributed by atoms with E-state index >= 15 is 0 Å². The predicted octanol–water partition coefficient (Wildman–Crippen LogP) is 1.97. The van der Waals surface area contributed by atoms with Gasteiger partial charge in [-0.15, -0.1) is 0 Å². The molecule has 0 aliphatic heterocycles. The standard InChI is InChI=1S/C5H12S3/c1-5(7,3-6)4-8-2/h6-7H,3-4H2,1-2H3. The van der Waals surface area contributed by atoms with Gasteiger partial charge in [-0.3, -0.25) is 0 Å². The molecular weight excluding hydrogens is 156 g/mol. The van der Waals surface area contributed by atoms with Crippen LogP contribution in [0.2, 0.25) is 0 Å². The third-order valence-electron chi connectivity index (χ3n) is 0.796. The molecule has 0 heterocycles. The molecule has 0 saturated carbocycles. The zero-order valence-electron chi connectivity index (χ0n) is 5.22. The number of thiol groups is 2. The highest BCUT2D eigenvalue weighted by Crippen LogP contribution is 2.19. The second-order valence-corrected chi connectivity index (χ2v) is 4.35. The van der Waals surface area contributed by atoms with Gasteiger partial charge >= 0.3 is 0 Å². The minimum absolute atomic E-state index is 0.114. The molecule has 0 aliphatic carbocycles. The molecule has 50 valence electrons. The van der Waals surface area contributed by atoms with E-state index in [1.165, 1.54) is 0 Å². The molecule has 8 heavy (non-hydrogen) atoms. The lowest BCUT2D eigenvalue weighted by Crippen LogP contribution is -2.21. The summed E-state index contributed by atoms with van der Waals surface area (Å²) >= 11 is 10.3. The Balaban J connectivity index is 3.37. The monoisotopic (exact) mass is 168 g/mol. The van der Waals surface area contributed by atoms with E-state index in [1.807, 2.05) is 11.8 Å². The number of thioether (sulfide) groups is 1. The van der Waals surface area contributed by atoms with Gasteiger partial charge in [0.2, 0.25) is 0 Å². The van der Waals surface area contributed by atoms with E-state index in [0.717, 1.165) is 11.5 Å². The molecule has 0 nitrogen and oxygen atoms in total. The van der Waals surface area contributed by atoms with E-state index < -0.39 is 0 Å². The average Bonchev–Trinajstić information content (AvgIpc) is 1.67. The first-order valence-electron chi connectivity index (χ1n) is 2.44. The summed E-state index contributed by atoms with van der Waals surface area (Å²) in [5, 5.41) is 0. The van der Waals surface area contributed by atoms with Gasteiger partial charge in [-0.2, -0.15) is 37.0 Å². The van der Waals surface area contributed by atoms with Crippen LogP contribution in [-0.4, -0.2) is 22.5 Å². The molecule has 0 aromatic carbocycles. The van der Waals surface area contributed by atoms with E-state index in [0.29, 0.717) is 0 Å². The fraction of sp³-hybridized carbons (Fsp3) is 1.00. The highest BCUT2D eigenvalue weighted by Gasteiger charge is 2.14. The lowest BCUT2D eigenvalue weighted by Gasteiger charge is -2.18. The summed E-state index contributed by atoms with van der Waals surface area (Å²) in [5.41, 5.74) is 0. The summed E-state index contributed by atoms with van der Waals surface area (Å²) in [4.78, 5) is 0. The Morgan fingerprint density at radius 3 is 2.25 bits per heavy atom. The fourth-order valence-electron chi connectivity index (χ4n) is 0.357. The molecule has 1 unspecified atom stereocenters. The zero-order chi connectivity index (χ0) is 6.62. The van der Waals surface area contributed by atoms with E-state index in [-0.39, 0.29) is 4.75 Å². The molecule has 0 spiro atoms. The molecular formula is C5H12S3. The normalized spacial score (nSPS) is 18.0. The Bertz CT molecular complexity index is 60.7. The summed E-state index contributed by atoms with van der Waals surface area (Å²) < 4.78 is 0.114. The predicted molar refractivity (Wildman–Crippen MR) is 49.6 cm³/mol. The Labute approximate surface area is 66.6 Å². The first-order chi connectivity index (χ1) is 3.62. The minimum atomic E-state index is 0.114. The Morgan fingerprint density at radius 2 is 2.12 bits per heavy atom. The smallest absolute Gasteiger partial charge is 0.0279 e. The summed E-state index contributed by atoms with van der Waals surface area (Å²) in [7, 11) is 0. The number of hydrogen-bond acceptors (Lipinski definition) is 3. The van der Waals surface area contributed by atoms with Crippen molar-refractivity contribution >= 4 is 37.0 Å². The van der Waals surface area contributed by atoms with Crippen molar-refractivity contribution in [2.75, 3.05) is 17.8 Å². The summed E-state index contributed by atoms with van der Waals surface area (Å²) in [6.45, 7) is 2.10. The lowest BCUT2D eigenvalue weighted by molar-refractivity contribution is 0.843. The van der Waals surface area contributed by atoms with Crippen LogP contribution >= 0.6 is 37.0 Å². The third kappa shape index (κ3) is 3.98. The van der Waals surface area contributed by atoms with E-state index in [1.54, 1.807) is 0 Å². The van der Waals surface area contributed by atoms with Gasteiger partial charge in [0, 0.05) is 16.3 Å². The lowest BCUT2D eigenvalue weighted by atomic mass is 10.2. The van der Waals surface area contributed by atoms with Crippen molar-refractivity contribution in [2.24, 2.45) is 0 Å². The van der Waals surface area contributed by atoms with Crippen LogP contribution in [0.3, 0.4) is 0 Å². The van der Waals surface area contributed by atoms with Crippen LogP contribution in [0.4, 0.5) is 0 Å². The van der Waals surface area contributed by atoms with Gasteiger partial charge in [0.15, 0.2) is 0 Å². The molecule has 1 atom stereocenters. The first-order valence-corrected chi connectivity index (χ1v) is 4.92. The summed E-state index contributed by atoms with van der Waals surface area (Å²) in [6.07, 6.45) is 2.08. The molecule has 0 N–H and O–H groups in total. The van der Waals surface area contributed by atoms with Crippen molar-refractivity contribution in [1.82, 2.24) is 0 Å². The second kappa shape index (κ2) is 3.96. The van der Waals surface area contributed by atoms with E-state index in [4.69, 9.17) is 0 Å². The van der Waals surface area contributed by atoms with Gasteiger partial charge in [-0.25, -0.2) is 0 Å². The van der Waals surface area contributed by atoms with Crippen molar-refractivity contribution in [2.45, 2.75) is 11.7 Å². The van der Waals surface area contributed by atoms with E-state index in [9.17, 15) is 0 Å². The Kier molecular flexibility index (Phi) is 4.48. The maximum atomic E-state index is 4.37. The Hall–Kier alpha value is 1.05. The number of hydrogen-bond donors (Lipinski definition) is 2. The minimum Gasteiger partial charge on any atom is -0.178 e. The topological polar surface area (TPSA) is 0 Å².